The molecule has 0 aliphatic rings. The predicted octanol–water partition coefficient (Wildman–Crippen LogP) is 2.92. The molecule has 2 unspecified atom stereocenters. The summed E-state index contributed by atoms with van der Waals surface area (Å²) >= 11 is 0. The highest BCUT2D eigenvalue weighted by molar-refractivity contribution is 5.01. The molecule has 0 spiro atoms. The van der Waals surface area contributed by atoms with Crippen LogP contribution in [0.4, 0.5) is 0 Å². The Balaban J connectivity index is 4.09. The van der Waals surface area contributed by atoms with Gasteiger partial charge in [0, 0.05) is 0 Å². The Morgan fingerprint density at radius 2 is 2.08 bits per heavy atom. The Bertz CT molecular complexity index is 173. The van der Waals surface area contributed by atoms with Crippen LogP contribution in [0.3, 0.4) is 0 Å². The Kier molecular flexibility index (Phi) is 4.25. The Labute approximate surface area is 75.8 Å². The van der Waals surface area contributed by atoms with Crippen LogP contribution in [-0.2, 0) is 0 Å². The first-order valence-corrected chi connectivity index (χ1v) is 4.38. The van der Waals surface area contributed by atoms with E-state index in [0.717, 1.165) is 6.42 Å². The van der Waals surface area contributed by atoms with Gasteiger partial charge in [0.1, 0.15) is 0 Å². The monoisotopic (exact) mass is 168 g/mol. The van der Waals surface area contributed by atoms with Crippen molar-refractivity contribution in [2.45, 2.75) is 39.7 Å². The topological polar surface area (TPSA) is 20.2 Å². The summed E-state index contributed by atoms with van der Waals surface area (Å²) in [7, 11) is 0. The van der Waals surface area contributed by atoms with Crippen molar-refractivity contribution >= 4 is 0 Å². The summed E-state index contributed by atoms with van der Waals surface area (Å²) in [5, 5.41) is 9.66. The fourth-order valence-electron chi connectivity index (χ4n) is 1.36. The summed E-state index contributed by atoms with van der Waals surface area (Å²) in [6.07, 6.45) is 4.50. The van der Waals surface area contributed by atoms with Gasteiger partial charge in [-0.05, 0) is 33.1 Å². The second-order valence-electron chi connectivity index (χ2n) is 3.99. The van der Waals surface area contributed by atoms with Gasteiger partial charge in [-0.2, -0.15) is 0 Å². The standard InChI is InChI=1S/C11H20O/c1-6-11(5,12)8-10(4)7-9(2)3/h6-7,10,12H,1,8H2,2-5H3. The molecular formula is C11H20O. The van der Waals surface area contributed by atoms with Gasteiger partial charge in [0.25, 0.3) is 0 Å². The molecule has 0 radical (unpaired) electrons. The van der Waals surface area contributed by atoms with Crippen molar-refractivity contribution < 1.29 is 5.11 Å². The van der Waals surface area contributed by atoms with E-state index in [1.54, 1.807) is 13.0 Å². The van der Waals surface area contributed by atoms with Crippen molar-refractivity contribution in [3.63, 3.8) is 0 Å². The van der Waals surface area contributed by atoms with E-state index in [-0.39, 0.29) is 0 Å². The first-order valence-electron chi connectivity index (χ1n) is 4.38. The van der Waals surface area contributed by atoms with Crippen LogP contribution in [0.15, 0.2) is 24.3 Å². The third-order valence-corrected chi connectivity index (χ3v) is 1.79. The normalized spacial score (nSPS) is 17.8. The maximum Gasteiger partial charge on any atom is 0.0802 e. The zero-order valence-corrected chi connectivity index (χ0v) is 8.59. The van der Waals surface area contributed by atoms with Gasteiger partial charge in [-0.15, -0.1) is 6.58 Å². The van der Waals surface area contributed by atoms with Crippen LogP contribution in [0, 0.1) is 5.92 Å². The second kappa shape index (κ2) is 4.46. The number of rotatable bonds is 4. The predicted molar refractivity (Wildman–Crippen MR) is 54.0 cm³/mol. The molecule has 0 aromatic heterocycles. The molecular weight excluding hydrogens is 148 g/mol. The van der Waals surface area contributed by atoms with Crippen LogP contribution < -0.4 is 0 Å². The van der Waals surface area contributed by atoms with Gasteiger partial charge in [-0.1, -0.05) is 24.6 Å². The lowest BCUT2D eigenvalue weighted by Gasteiger charge is -2.21. The molecule has 0 aromatic carbocycles. The summed E-state index contributed by atoms with van der Waals surface area (Å²) in [6, 6.07) is 0. The Morgan fingerprint density at radius 1 is 1.58 bits per heavy atom. The Hall–Kier alpha value is -0.560. The highest BCUT2D eigenvalue weighted by Crippen LogP contribution is 2.19. The van der Waals surface area contributed by atoms with Crippen LogP contribution in [-0.4, -0.2) is 10.7 Å². The minimum absolute atomic E-state index is 0.406. The van der Waals surface area contributed by atoms with Gasteiger partial charge in [0.2, 0.25) is 0 Å². The van der Waals surface area contributed by atoms with Crippen LogP contribution >= 0.6 is 0 Å². The number of hydrogen-bond acceptors (Lipinski definition) is 1. The van der Waals surface area contributed by atoms with E-state index in [2.05, 4.69) is 33.4 Å². The van der Waals surface area contributed by atoms with Crippen molar-refractivity contribution in [1.29, 1.82) is 0 Å². The van der Waals surface area contributed by atoms with Crippen LogP contribution in [0.5, 0.6) is 0 Å². The fourth-order valence-corrected chi connectivity index (χ4v) is 1.36. The Morgan fingerprint density at radius 3 is 2.42 bits per heavy atom. The molecule has 0 saturated heterocycles. The van der Waals surface area contributed by atoms with Gasteiger partial charge >= 0.3 is 0 Å². The molecule has 1 nitrogen and oxygen atoms in total. The van der Waals surface area contributed by atoms with Gasteiger partial charge in [-0.3, -0.25) is 0 Å². The van der Waals surface area contributed by atoms with Crippen molar-refractivity contribution in [3.05, 3.63) is 24.3 Å². The van der Waals surface area contributed by atoms with Crippen molar-refractivity contribution in [2.24, 2.45) is 5.92 Å². The second-order valence-corrected chi connectivity index (χ2v) is 3.99. The summed E-state index contributed by atoms with van der Waals surface area (Å²) in [5.74, 6) is 0.406. The third kappa shape index (κ3) is 5.14. The smallest absolute Gasteiger partial charge is 0.0802 e. The largest absolute Gasteiger partial charge is 0.386 e. The number of allylic oxidation sites excluding steroid dienone is 2. The van der Waals surface area contributed by atoms with E-state index >= 15 is 0 Å². The van der Waals surface area contributed by atoms with E-state index in [1.165, 1.54) is 5.57 Å². The van der Waals surface area contributed by atoms with Crippen molar-refractivity contribution in [1.82, 2.24) is 0 Å². The van der Waals surface area contributed by atoms with E-state index in [1.807, 2.05) is 0 Å². The minimum Gasteiger partial charge on any atom is -0.386 e. The van der Waals surface area contributed by atoms with E-state index in [0.29, 0.717) is 5.92 Å². The minimum atomic E-state index is -0.731. The lowest BCUT2D eigenvalue weighted by Crippen LogP contribution is -2.22. The quantitative estimate of drug-likeness (QED) is 0.640. The summed E-state index contributed by atoms with van der Waals surface area (Å²) in [5.41, 5.74) is 0.563. The van der Waals surface area contributed by atoms with Crippen molar-refractivity contribution in [2.75, 3.05) is 0 Å². The molecule has 0 amide bonds. The molecule has 0 rings (SSSR count). The lowest BCUT2D eigenvalue weighted by molar-refractivity contribution is 0.0917. The van der Waals surface area contributed by atoms with Crippen LogP contribution in [0.1, 0.15) is 34.1 Å². The molecule has 0 heterocycles. The SMILES string of the molecule is C=CC(C)(O)CC(C)C=C(C)C. The number of hydrogen-bond donors (Lipinski definition) is 1. The molecule has 0 fully saturated rings. The molecule has 12 heavy (non-hydrogen) atoms. The van der Waals surface area contributed by atoms with E-state index < -0.39 is 5.60 Å². The fraction of sp³-hybridized carbons (Fsp3) is 0.636. The molecule has 2 atom stereocenters. The first-order chi connectivity index (χ1) is 5.37. The third-order valence-electron chi connectivity index (χ3n) is 1.79. The summed E-state index contributed by atoms with van der Waals surface area (Å²) < 4.78 is 0. The van der Waals surface area contributed by atoms with Gasteiger partial charge in [0.15, 0.2) is 0 Å². The highest BCUT2D eigenvalue weighted by atomic mass is 16.3. The molecule has 1 N–H and O–H groups in total. The number of aliphatic hydroxyl groups is 1. The van der Waals surface area contributed by atoms with Crippen LogP contribution in [0.25, 0.3) is 0 Å². The maximum atomic E-state index is 9.66. The lowest BCUT2D eigenvalue weighted by atomic mass is 9.92. The first kappa shape index (κ1) is 11.4. The van der Waals surface area contributed by atoms with Crippen molar-refractivity contribution in [3.8, 4) is 0 Å². The maximum absolute atomic E-state index is 9.66. The van der Waals surface area contributed by atoms with Gasteiger partial charge < -0.3 is 5.11 Å². The van der Waals surface area contributed by atoms with E-state index in [4.69, 9.17) is 0 Å². The highest BCUT2D eigenvalue weighted by Gasteiger charge is 2.17. The molecule has 70 valence electrons. The molecule has 0 aliphatic carbocycles. The van der Waals surface area contributed by atoms with E-state index in [9.17, 15) is 5.11 Å². The average Bonchev–Trinajstić information content (AvgIpc) is 1.84. The molecule has 0 aliphatic heterocycles. The zero-order chi connectivity index (χ0) is 9.78. The van der Waals surface area contributed by atoms with Gasteiger partial charge in [-0.25, -0.2) is 0 Å². The average molecular weight is 168 g/mol. The molecule has 1 heteroatoms. The molecule has 0 aromatic rings. The molecule has 0 bridgehead atoms. The summed E-state index contributed by atoms with van der Waals surface area (Å²) in [6.45, 7) is 11.6. The van der Waals surface area contributed by atoms with Crippen LogP contribution in [0.2, 0.25) is 0 Å². The summed E-state index contributed by atoms with van der Waals surface area (Å²) in [4.78, 5) is 0. The zero-order valence-electron chi connectivity index (χ0n) is 8.59. The van der Waals surface area contributed by atoms with Gasteiger partial charge in [0.05, 0.1) is 5.60 Å². The molecule has 0 saturated carbocycles.